The number of hydrogen-bond acceptors (Lipinski definition) is 2. The molecule has 1 amide bonds. The number of fused-ring (bicyclic) bond motifs is 1. The molecule has 1 heterocycles. The van der Waals surface area contributed by atoms with Gasteiger partial charge in [-0.3, -0.25) is 9.69 Å². The van der Waals surface area contributed by atoms with Crippen molar-refractivity contribution in [2.24, 2.45) is 23.2 Å². The summed E-state index contributed by atoms with van der Waals surface area (Å²) in [7, 11) is 0. The van der Waals surface area contributed by atoms with Crippen molar-refractivity contribution in [3.8, 4) is 0 Å². The number of nitrogens with zero attached hydrogens (tertiary/aromatic N) is 2. The number of hydrogen-bond donors (Lipinski definition) is 0. The minimum Gasteiger partial charge on any atom is -0.340 e. The normalized spacial score (nSPS) is 35.6. The number of carbonyl (C=O) groups excluding carboxylic acids is 1. The van der Waals surface area contributed by atoms with Crippen LogP contribution in [0, 0.1) is 30.1 Å². The summed E-state index contributed by atoms with van der Waals surface area (Å²) in [5, 5.41) is 0. The minimum absolute atomic E-state index is 0.371. The van der Waals surface area contributed by atoms with Gasteiger partial charge in [-0.2, -0.15) is 0 Å². The SMILES string of the molecule is Cc1cccc(CN2CCN(C(=O)CC34CCC5CC(C3)C(C5)C4)CC2)c1. The molecule has 0 spiro atoms. The molecule has 27 heavy (non-hydrogen) atoms. The lowest BCUT2D eigenvalue weighted by atomic mass is 9.78. The molecule has 5 aliphatic rings. The first kappa shape index (κ1) is 17.7. The quantitative estimate of drug-likeness (QED) is 0.795. The van der Waals surface area contributed by atoms with Gasteiger partial charge in [-0.05, 0) is 74.2 Å². The van der Waals surface area contributed by atoms with E-state index in [0.717, 1.165) is 56.9 Å². The zero-order chi connectivity index (χ0) is 18.4. The fourth-order valence-electron chi connectivity index (χ4n) is 6.87. The maximum atomic E-state index is 13.1. The standard InChI is InChI=1S/C24H34N2O/c1-18-3-2-4-20(11-18)17-25-7-9-26(10-8-25)23(27)16-24-6-5-19-12-21(14-24)22(13-19)15-24/h2-4,11,19,21-22H,5-10,12-17H2,1H3. The Morgan fingerprint density at radius 3 is 2.56 bits per heavy atom. The van der Waals surface area contributed by atoms with E-state index in [0.29, 0.717) is 11.3 Å². The van der Waals surface area contributed by atoms with E-state index in [2.05, 4.69) is 41.0 Å². The Bertz CT molecular complexity index is 692. The number of aryl methyl sites for hydroxylation is 1. The second kappa shape index (κ2) is 6.92. The summed E-state index contributed by atoms with van der Waals surface area (Å²) in [6.45, 7) is 7.02. The first-order valence-corrected chi connectivity index (χ1v) is 11.1. The van der Waals surface area contributed by atoms with Gasteiger partial charge in [0.2, 0.25) is 5.91 Å². The third-order valence-corrected chi connectivity index (χ3v) is 8.15. The highest BCUT2D eigenvalue weighted by Crippen LogP contribution is 2.62. The molecular weight excluding hydrogens is 332 g/mol. The molecule has 0 aromatic heterocycles. The van der Waals surface area contributed by atoms with Crippen LogP contribution in [-0.4, -0.2) is 41.9 Å². The van der Waals surface area contributed by atoms with Crippen LogP contribution in [0.25, 0.3) is 0 Å². The van der Waals surface area contributed by atoms with Gasteiger partial charge in [0, 0.05) is 39.1 Å². The molecule has 2 atom stereocenters. The summed E-state index contributed by atoms with van der Waals surface area (Å²) in [4.78, 5) is 17.8. The summed E-state index contributed by atoms with van der Waals surface area (Å²) < 4.78 is 0. The van der Waals surface area contributed by atoms with Crippen LogP contribution in [0.1, 0.15) is 56.1 Å². The molecule has 1 saturated heterocycles. The van der Waals surface area contributed by atoms with Gasteiger partial charge in [0.25, 0.3) is 0 Å². The fraction of sp³-hybridized carbons (Fsp3) is 0.708. The molecule has 1 aliphatic heterocycles. The van der Waals surface area contributed by atoms with E-state index < -0.39 is 0 Å². The van der Waals surface area contributed by atoms with Crippen molar-refractivity contribution in [3.05, 3.63) is 35.4 Å². The molecule has 1 aromatic rings. The highest BCUT2D eigenvalue weighted by Gasteiger charge is 2.53. The molecule has 5 fully saturated rings. The molecule has 0 N–H and O–H groups in total. The van der Waals surface area contributed by atoms with Crippen LogP contribution < -0.4 is 0 Å². The lowest BCUT2D eigenvalue weighted by Gasteiger charge is -2.37. The van der Waals surface area contributed by atoms with Crippen LogP contribution in [0.15, 0.2) is 24.3 Å². The molecule has 0 radical (unpaired) electrons. The molecule has 2 unspecified atom stereocenters. The third-order valence-electron chi connectivity index (χ3n) is 8.15. The summed E-state index contributed by atoms with van der Waals surface area (Å²) in [5.74, 6) is 3.35. The predicted octanol–water partition coefficient (Wildman–Crippen LogP) is 4.25. The molecular formula is C24H34N2O. The molecule has 3 nitrogen and oxygen atoms in total. The van der Waals surface area contributed by atoms with Crippen molar-refractivity contribution in [1.29, 1.82) is 0 Å². The van der Waals surface area contributed by atoms with E-state index in [1.54, 1.807) is 0 Å². The van der Waals surface area contributed by atoms with Gasteiger partial charge >= 0.3 is 0 Å². The second-order valence-corrected chi connectivity index (χ2v) is 10.1. The smallest absolute Gasteiger partial charge is 0.223 e. The van der Waals surface area contributed by atoms with Crippen molar-refractivity contribution >= 4 is 5.91 Å². The lowest BCUT2D eigenvalue weighted by molar-refractivity contribution is -0.135. The molecule has 4 saturated carbocycles. The lowest BCUT2D eigenvalue weighted by Crippen LogP contribution is -2.49. The van der Waals surface area contributed by atoms with E-state index >= 15 is 0 Å². The predicted molar refractivity (Wildman–Crippen MR) is 108 cm³/mol. The Morgan fingerprint density at radius 1 is 1.11 bits per heavy atom. The molecule has 6 rings (SSSR count). The van der Waals surface area contributed by atoms with Crippen LogP contribution in [0.4, 0.5) is 0 Å². The van der Waals surface area contributed by atoms with Crippen molar-refractivity contribution in [3.63, 3.8) is 0 Å². The van der Waals surface area contributed by atoms with E-state index in [4.69, 9.17) is 0 Å². The fourth-order valence-corrected chi connectivity index (χ4v) is 6.87. The van der Waals surface area contributed by atoms with Gasteiger partial charge < -0.3 is 4.90 Å². The zero-order valence-corrected chi connectivity index (χ0v) is 16.8. The van der Waals surface area contributed by atoms with Gasteiger partial charge in [-0.25, -0.2) is 0 Å². The van der Waals surface area contributed by atoms with Crippen LogP contribution in [-0.2, 0) is 11.3 Å². The van der Waals surface area contributed by atoms with E-state index in [1.807, 2.05) is 0 Å². The van der Waals surface area contributed by atoms with Gasteiger partial charge in [-0.1, -0.05) is 29.8 Å². The Kier molecular flexibility index (Phi) is 4.54. The average molecular weight is 367 g/mol. The molecule has 4 aliphatic carbocycles. The number of amides is 1. The topological polar surface area (TPSA) is 23.6 Å². The van der Waals surface area contributed by atoms with Gasteiger partial charge in [0.05, 0.1) is 0 Å². The molecule has 146 valence electrons. The summed E-state index contributed by atoms with van der Waals surface area (Å²) in [5.41, 5.74) is 3.09. The molecule has 1 aromatic carbocycles. The third kappa shape index (κ3) is 3.55. The average Bonchev–Trinajstić information content (AvgIpc) is 3.02. The van der Waals surface area contributed by atoms with Gasteiger partial charge in [0.1, 0.15) is 0 Å². The highest BCUT2D eigenvalue weighted by molar-refractivity contribution is 5.77. The maximum Gasteiger partial charge on any atom is 0.223 e. The zero-order valence-electron chi connectivity index (χ0n) is 16.8. The summed E-state index contributed by atoms with van der Waals surface area (Å²) in [6.07, 6.45) is 9.20. The van der Waals surface area contributed by atoms with E-state index in [1.165, 1.54) is 49.7 Å². The number of benzene rings is 1. The monoisotopic (exact) mass is 366 g/mol. The number of piperazine rings is 1. The van der Waals surface area contributed by atoms with Crippen LogP contribution in [0.5, 0.6) is 0 Å². The van der Waals surface area contributed by atoms with Crippen molar-refractivity contribution < 1.29 is 4.79 Å². The van der Waals surface area contributed by atoms with Crippen LogP contribution >= 0.6 is 0 Å². The minimum atomic E-state index is 0.371. The Labute approximate surface area is 164 Å². The largest absolute Gasteiger partial charge is 0.340 e. The van der Waals surface area contributed by atoms with Crippen molar-refractivity contribution in [2.75, 3.05) is 26.2 Å². The Morgan fingerprint density at radius 2 is 1.85 bits per heavy atom. The van der Waals surface area contributed by atoms with Gasteiger partial charge in [-0.15, -0.1) is 0 Å². The van der Waals surface area contributed by atoms with Gasteiger partial charge in [0.15, 0.2) is 0 Å². The molecule has 4 bridgehead atoms. The Balaban J connectivity index is 1.15. The van der Waals surface area contributed by atoms with Crippen LogP contribution in [0.2, 0.25) is 0 Å². The number of rotatable bonds is 4. The Hall–Kier alpha value is -1.35. The molecule has 3 heteroatoms. The van der Waals surface area contributed by atoms with Crippen LogP contribution in [0.3, 0.4) is 0 Å². The summed E-state index contributed by atoms with van der Waals surface area (Å²) >= 11 is 0. The van der Waals surface area contributed by atoms with Crippen molar-refractivity contribution in [2.45, 2.75) is 58.4 Å². The van der Waals surface area contributed by atoms with Crippen molar-refractivity contribution in [1.82, 2.24) is 9.80 Å². The van der Waals surface area contributed by atoms with E-state index in [-0.39, 0.29) is 0 Å². The van der Waals surface area contributed by atoms with E-state index in [9.17, 15) is 4.79 Å². The first-order valence-electron chi connectivity index (χ1n) is 11.1. The first-order chi connectivity index (χ1) is 13.1. The summed E-state index contributed by atoms with van der Waals surface area (Å²) in [6, 6.07) is 8.81. The number of carbonyl (C=O) groups is 1. The second-order valence-electron chi connectivity index (χ2n) is 10.1. The maximum absolute atomic E-state index is 13.1. The highest BCUT2D eigenvalue weighted by atomic mass is 16.2.